The summed E-state index contributed by atoms with van der Waals surface area (Å²) >= 11 is 0. The minimum atomic E-state index is -0.462. The van der Waals surface area contributed by atoms with Gasteiger partial charge in [0.05, 0.1) is 0 Å². The van der Waals surface area contributed by atoms with E-state index in [-0.39, 0.29) is 17.6 Å². The number of aliphatic hydroxyl groups is 1. The van der Waals surface area contributed by atoms with E-state index >= 15 is 0 Å². The number of morpholine rings is 1. The van der Waals surface area contributed by atoms with Crippen LogP contribution in [0, 0.1) is 0 Å². The highest BCUT2D eigenvalue weighted by Gasteiger charge is 2.27. The zero-order valence-corrected chi connectivity index (χ0v) is 15.1. The number of nitrogens with one attached hydrogen (secondary N) is 1. The predicted molar refractivity (Wildman–Crippen MR) is 92.2 cm³/mol. The lowest BCUT2D eigenvalue weighted by Gasteiger charge is -2.33. The second-order valence-electron chi connectivity index (χ2n) is 7.83. The molecule has 1 aliphatic heterocycles. The van der Waals surface area contributed by atoms with Crippen LogP contribution >= 0.6 is 0 Å². The zero-order chi connectivity index (χ0) is 17.0. The van der Waals surface area contributed by atoms with Crippen molar-refractivity contribution < 1.29 is 19.5 Å². The summed E-state index contributed by atoms with van der Waals surface area (Å²) in [6.07, 6.45) is 0.0440. The van der Waals surface area contributed by atoms with Gasteiger partial charge in [0.1, 0.15) is 50.3 Å². The Kier molecular flexibility index (Phi) is 6.06. The standard InChI is InChI=1S/C19H31NO3/c1-14-10-20(11-15(2)23-14)12-16(21)13-22-18-9-7-6-8-17(18)19(3,4)5/h6-9,14-16,21H,10-13H2,1-5H3/p+1/t14-,15-,16-/m0/s1. The first-order valence-electron chi connectivity index (χ1n) is 8.65. The number of benzene rings is 1. The lowest BCUT2D eigenvalue weighted by atomic mass is 9.86. The number of quaternary nitrogens is 1. The number of para-hydroxylation sites is 1. The first-order valence-corrected chi connectivity index (χ1v) is 8.65. The molecule has 1 saturated heterocycles. The Balaban J connectivity index is 1.89. The molecule has 130 valence electrons. The third-order valence-electron chi connectivity index (χ3n) is 4.27. The van der Waals surface area contributed by atoms with E-state index in [0.717, 1.165) is 18.8 Å². The van der Waals surface area contributed by atoms with Crippen LogP contribution in [0.25, 0.3) is 0 Å². The molecule has 1 heterocycles. The van der Waals surface area contributed by atoms with E-state index in [1.165, 1.54) is 10.5 Å². The molecule has 0 radical (unpaired) electrons. The molecule has 0 spiro atoms. The fourth-order valence-corrected chi connectivity index (χ4v) is 3.35. The number of hydrogen-bond acceptors (Lipinski definition) is 3. The molecule has 0 amide bonds. The van der Waals surface area contributed by atoms with Crippen molar-refractivity contribution in [3.8, 4) is 5.75 Å². The summed E-state index contributed by atoms with van der Waals surface area (Å²) in [6.45, 7) is 13.6. The highest BCUT2D eigenvalue weighted by Crippen LogP contribution is 2.30. The van der Waals surface area contributed by atoms with E-state index in [1.807, 2.05) is 18.2 Å². The second-order valence-corrected chi connectivity index (χ2v) is 7.83. The summed E-state index contributed by atoms with van der Waals surface area (Å²) in [4.78, 5) is 1.39. The predicted octanol–water partition coefficient (Wildman–Crippen LogP) is 1.42. The van der Waals surface area contributed by atoms with Gasteiger partial charge in [0.15, 0.2) is 0 Å². The van der Waals surface area contributed by atoms with Crippen molar-refractivity contribution in [1.29, 1.82) is 0 Å². The SMILES string of the molecule is C[C@H]1C[NH+](C[C@H](O)COc2ccccc2C(C)(C)C)C[C@H](C)O1. The van der Waals surface area contributed by atoms with E-state index in [0.29, 0.717) is 13.2 Å². The number of rotatable bonds is 5. The maximum atomic E-state index is 10.3. The second kappa shape index (κ2) is 7.65. The Morgan fingerprint density at radius 2 is 1.83 bits per heavy atom. The van der Waals surface area contributed by atoms with Gasteiger partial charge in [-0.05, 0) is 30.9 Å². The summed E-state index contributed by atoms with van der Waals surface area (Å²) in [6, 6.07) is 8.09. The van der Waals surface area contributed by atoms with Crippen LogP contribution < -0.4 is 9.64 Å². The van der Waals surface area contributed by atoms with Crippen LogP contribution in [0.3, 0.4) is 0 Å². The minimum absolute atomic E-state index is 0.0296. The molecule has 3 atom stereocenters. The molecule has 0 saturated carbocycles. The molecule has 23 heavy (non-hydrogen) atoms. The normalized spacial score (nSPS) is 26.8. The molecular weight excluding hydrogens is 290 g/mol. The Morgan fingerprint density at radius 1 is 1.22 bits per heavy atom. The first-order chi connectivity index (χ1) is 10.8. The average molecular weight is 322 g/mol. The van der Waals surface area contributed by atoms with Gasteiger partial charge in [-0.15, -0.1) is 0 Å². The average Bonchev–Trinajstić information content (AvgIpc) is 2.43. The van der Waals surface area contributed by atoms with Crippen LogP contribution in [-0.4, -0.2) is 49.7 Å². The van der Waals surface area contributed by atoms with Gasteiger partial charge in [0.25, 0.3) is 0 Å². The third-order valence-corrected chi connectivity index (χ3v) is 4.27. The minimum Gasteiger partial charge on any atom is -0.490 e. The van der Waals surface area contributed by atoms with Gasteiger partial charge in [-0.2, -0.15) is 0 Å². The molecule has 0 unspecified atom stereocenters. The largest absolute Gasteiger partial charge is 0.490 e. The summed E-state index contributed by atoms with van der Waals surface area (Å²) in [5.41, 5.74) is 1.20. The van der Waals surface area contributed by atoms with E-state index in [4.69, 9.17) is 9.47 Å². The molecule has 1 aromatic rings. The van der Waals surface area contributed by atoms with Crippen molar-refractivity contribution in [3.63, 3.8) is 0 Å². The van der Waals surface area contributed by atoms with Crippen LogP contribution in [0.5, 0.6) is 5.75 Å². The summed E-state index contributed by atoms with van der Waals surface area (Å²) in [7, 11) is 0. The van der Waals surface area contributed by atoms with Gasteiger partial charge in [-0.3, -0.25) is 0 Å². The number of ether oxygens (including phenoxy) is 2. The summed E-state index contributed by atoms with van der Waals surface area (Å²) in [5, 5.41) is 10.3. The Labute approximate surface area is 140 Å². The van der Waals surface area contributed by atoms with Crippen LogP contribution in [0.2, 0.25) is 0 Å². The van der Waals surface area contributed by atoms with Gasteiger partial charge in [-0.25, -0.2) is 0 Å². The fourth-order valence-electron chi connectivity index (χ4n) is 3.35. The lowest BCUT2D eigenvalue weighted by Crippen LogP contribution is -3.16. The van der Waals surface area contributed by atoms with E-state index in [9.17, 15) is 5.11 Å². The topological polar surface area (TPSA) is 43.1 Å². The monoisotopic (exact) mass is 322 g/mol. The van der Waals surface area contributed by atoms with E-state index in [2.05, 4.69) is 40.7 Å². The summed E-state index contributed by atoms with van der Waals surface area (Å²) < 4.78 is 11.7. The number of aliphatic hydroxyl groups excluding tert-OH is 1. The molecule has 1 aliphatic rings. The Bertz CT molecular complexity index is 488. The highest BCUT2D eigenvalue weighted by molar-refractivity contribution is 5.38. The molecule has 0 aliphatic carbocycles. The molecular formula is C19H32NO3+. The van der Waals surface area contributed by atoms with Crippen LogP contribution in [-0.2, 0) is 10.2 Å². The quantitative estimate of drug-likeness (QED) is 0.861. The van der Waals surface area contributed by atoms with Crippen LogP contribution in [0.4, 0.5) is 0 Å². The van der Waals surface area contributed by atoms with Gasteiger partial charge in [-0.1, -0.05) is 39.0 Å². The maximum absolute atomic E-state index is 10.3. The molecule has 1 aromatic carbocycles. The number of hydrogen-bond donors (Lipinski definition) is 2. The van der Waals surface area contributed by atoms with Gasteiger partial charge in [0, 0.05) is 0 Å². The van der Waals surface area contributed by atoms with Crippen molar-refractivity contribution in [2.75, 3.05) is 26.2 Å². The summed E-state index contributed by atoms with van der Waals surface area (Å²) in [5.74, 6) is 0.873. The van der Waals surface area contributed by atoms with Crippen molar-refractivity contribution in [2.45, 2.75) is 58.3 Å². The van der Waals surface area contributed by atoms with Gasteiger partial charge in [0.2, 0.25) is 0 Å². The smallest absolute Gasteiger partial charge is 0.137 e. The lowest BCUT2D eigenvalue weighted by molar-refractivity contribution is -0.918. The molecule has 2 rings (SSSR count). The van der Waals surface area contributed by atoms with Crippen molar-refractivity contribution in [1.82, 2.24) is 0 Å². The molecule has 1 fully saturated rings. The van der Waals surface area contributed by atoms with Gasteiger partial charge < -0.3 is 19.5 Å². The third kappa shape index (κ3) is 5.48. The molecule has 2 N–H and O–H groups in total. The zero-order valence-electron chi connectivity index (χ0n) is 15.1. The molecule has 0 aromatic heterocycles. The molecule has 0 bridgehead atoms. The van der Waals surface area contributed by atoms with Gasteiger partial charge >= 0.3 is 0 Å². The Hall–Kier alpha value is -1.10. The van der Waals surface area contributed by atoms with Crippen molar-refractivity contribution in [3.05, 3.63) is 29.8 Å². The Morgan fingerprint density at radius 3 is 2.43 bits per heavy atom. The molecule has 4 nitrogen and oxygen atoms in total. The first kappa shape index (κ1) is 18.2. The molecule has 4 heteroatoms. The van der Waals surface area contributed by atoms with Crippen LogP contribution in [0.1, 0.15) is 40.2 Å². The fraction of sp³-hybridized carbons (Fsp3) is 0.684. The van der Waals surface area contributed by atoms with E-state index in [1.54, 1.807) is 0 Å². The highest BCUT2D eigenvalue weighted by atomic mass is 16.5. The maximum Gasteiger partial charge on any atom is 0.137 e. The van der Waals surface area contributed by atoms with Crippen molar-refractivity contribution in [2.24, 2.45) is 0 Å². The van der Waals surface area contributed by atoms with Crippen LogP contribution in [0.15, 0.2) is 24.3 Å². The van der Waals surface area contributed by atoms with Crippen molar-refractivity contribution >= 4 is 0 Å². The van der Waals surface area contributed by atoms with E-state index < -0.39 is 6.10 Å².